The van der Waals surface area contributed by atoms with E-state index in [2.05, 4.69) is 35.7 Å². The zero-order valence-corrected chi connectivity index (χ0v) is 22.1. The normalized spacial score (nSPS) is 13.7. The maximum absolute atomic E-state index is 13.5. The molecule has 15 heteroatoms. The van der Waals surface area contributed by atoms with E-state index in [0.717, 1.165) is 44.5 Å². The minimum Gasteiger partial charge on any atom is -0.490 e. The lowest BCUT2D eigenvalue weighted by Crippen LogP contribution is -2.25. The Balaban J connectivity index is 1.27. The van der Waals surface area contributed by atoms with Crippen molar-refractivity contribution in [1.82, 2.24) is 25.1 Å². The average molecular weight is 590 g/mol. The third-order valence-electron chi connectivity index (χ3n) is 6.02. The quantitative estimate of drug-likeness (QED) is 0.238. The van der Waals surface area contributed by atoms with Crippen molar-refractivity contribution < 1.29 is 31.9 Å². The third kappa shape index (κ3) is 7.41. The molecule has 1 aliphatic heterocycles. The number of carbonyl (C=O) groups is 1. The second kappa shape index (κ2) is 12.4. The standard InChI is InChI=1S/C26H23ClF3N7O4/c27-19-12-22(39-9-8-37-6-1-2-7-37)20(11-18(19)26(28,29)30)35-25(38)34-16-4-3-5-17(10-16)41-23-13-21(31-14-32-23)24-36-33-15-40-24/h3-5,10-15H,1-2,6-9H2,(H2,34,35,38). The van der Waals surface area contributed by atoms with Crippen LogP contribution >= 0.6 is 11.6 Å². The molecule has 0 aliphatic carbocycles. The molecule has 2 aromatic carbocycles. The first-order chi connectivity index (χ1) is 19.7. The molecule has 11 nitrogen and oxygen atoms in total. The molecule has 0 atom stereocenters. The smallest absolute Gasteiger partial charge is 0.417 e. The SMILES string of the molecule is O=C(Nc1cccc(Oc2cc(-c3nnco3)ncn2)c1)Nc1cc(C(F)(F)F)c(Cl)cc1OCCN1CCCC1. The Kier molecular flexibility index (Phi) is 8.50. The van der Waals surface area contributed by atoms with Crippen LogP contribution in [0, 0.1) is 0 Å². The molecule has 2 amide bonds. The highest BCUT2D eigenvalue weighted by molar-refractivity contribution is 6.31. The summed E-state index contributed by atoms with van der Waals surface area (Å²) in [5.74, 6) is 0.691. The van der Waals surface area contributed by atoms with Crippen molar-refractivity contribution in [2.75, 3.05) is 36.9 Å². The Bertz CT molecular complexity index is 1500. The summed E-state index contributed by atoms with van der Waals surface area (Å²) in [6.45, 7) is 2.68. The van der Waals surface area contributed by atoms with Crippen LogP contribution in [0.5, 0.6) is 17.4 Å². The van der Waals surface area contributed by atoms with Crippen LogP contribution in [0.25, 0.3) is 11.6 Å². The van der Waals surface area contributed by atoms with Gasteiger partial charge >= 0.3 is 12.2 Å². The van der Waals surface area contributed by atoms with Crippen LogP contribution in [0.15, 0.2) is 59.6 Å². The highest BCUT2D eigenvalue weighted by Crippen LogP contribution is 2.40. The Morgan fingerprint density at radius 2 is 1.93 bits per heavy atom. The number of likely N-dealkylation sites (tertiary alicyclic amines) is 1. The van der Waals surface area contributed by atoms with Gasteiger partial charge in [0.15, 0.2) is 0 Å². The minimum atomic E-state index is -4.73. The summed E-state index contributed by atoms with van der Waals surface area (Å²) < 4.78 is 57.2. The molecule has 214 valence electrons. The van der Waals surface area contributed by atoms with Crippen LogP contribution in [0.1, 0.15) is 18.4 Å². The molecule has 1 fully saturated rings. The Morgan fingerprint density at radius 1 is 1.10 bits per heavy atom. The lowest BCUT2D eigenvalue weighted by Gasteiger charge is -2.19. The molecular formula is C26H23ClF3N7O4. The van der Waals surface area contributed by atoms with E-state index >= 15 is 0 Å². The van der Waals surface area contributed by atoms with E-state index in [1.165, 1.54) is 18.5 Å². The number of amides is 2. The second-order valence-corrected chi connectivity index (χ2v) is 9.32. The Morgan fingerprint density at radius 3 is 2.68 bits per heavy atom. The number of alkyl halides is 3. The van der Waals surface area contributed by atoms with Crippen LogP contribution in [0.2, 0.25) is 5.02 Å². The van der Waals surface area contributed by atoms with Crippen LogP contribution in [0.4, 0.5) is 29.3 Å². The van der Waals surface area contributed by atoms with Crippen molar-refractivity contribution >= 4 is 29.0 Å². The molecule has 41 heavy (non-hydrogen) atoms. The van der Waals surface area contributed by atoms with Gasteiger partial charge in [-0.15, -0.1) is 10.2 Å². The number of ether oxygens (including phenoxy) is 2. The lowest BCUT2D eigenvalue weighted by atomic mass is 10.1. The van der Waals surface area contributed by atoms with Crippen molar-refractivity contribution in [2.45, 2.75) is 19.0 Å². The number of nitrogens with one attached hydrogen (secondary N) is 2. The highest BCUT2D eigenvalue weighted by atomic mass is 35.5. The van der Waals surface area contributed by atoms with Gasteiger partial charge in [0.25, 0.3) is 5.89 Å². The van der Waals surface area contributed by atoms with Gasteiger partial charge in [-0.2, -0.15) is 13.2 Å². The van der Waals surface area contributed by atoms with Crippen LogP contribution in [-0.2, 0) is 6.18 Å². The minimum absolute atomic E-state index is 0.0234. The maximum atomic E-state index is 13.5. The monoisotopic (exact) mass is 589 g/mol. The van der Waals surface area contributed by atoms with E-state index in [1.807, 2.05) is 0 Å². The fourth-order valence-electron chi connectivity index (χ4n) is 4.12. The maximum Gasteiger partial charge on any atom is 0.417 e. The van der Waals surface area contributed by atoms with Gasteiger partial charge in [0, 0.05) is 30.4 Å². The number of rotatable bonds is 9. The summed E-state index contributed by atoms with van der Waals surface area (Å²) in [4.78, 5) is 23.1. The Labute approximate surface area is 236 Å². The number of carbonyl (C=O) groups excluding carboxylic acids is 1. The van der Waals surface area contributed by atoms with Gasteiger partial charge in [-0.05, 0) is 44.1 Å². The molecule has 1 saturated heterocycles. The summed E-state index contributed by atoms with van der Waals surface area (Å²) in [6, 6.07) is 8.82. The van der Waals surface area contributed by atoms with Crippen LogP contribution in [-0.4, -0.2) is 57.3 Å². The van der Waals surface area contributed by atoms with Gasteiger partial charge in [0.05, 0.1) is 16.3 Å². The predicted molar refractivity (Wildman–Crippen MR) is 142 cm³/mol. The van der Waals surface area contributed by atoms with E-state index < -0.39 is 22.8 Å². The average Bonchev–Trinajstić information content (AvgIpc) is 3.65. The summed E-state index contributed by atoms with van der Waals surface area (Å²) in [5, 5.41) is 11.9. The molecule has 3 heterocycles. The molecule has 0 saturated carbocycles. The Hall–Kier alpha value is -4.43. The van der Waals surface area contributed by atoms with Crippen molar-refractivity contribution in [3.8, 4) is 29.0 Å². The predicted octanol–water partition coefficient (Wildman–Crippen LogP) is 6.11. The number of nitrogens with zero attached hydrogens (tertiary/aromatic N) is 5. The van der Waals surface area contributed by atoms with Crippen molar-refractivity contribution in [3.05, 3.63) is 65.8 Å². The fraction of sp³-hybridized carbons (Fsp3) is 0.269. The van der Waals surface area contributed by atoms with Crippen molar-refractivity contribution in [2.24, 2.45) is 0 Å². The first-order valence-corrected chi connectivity index (χ1v) is 12.8. The van der Waals surface area contributed by atoms with Crippen molar-refractivity contribution in [1.29, 1.82) is 0 Å². The zero-order valence-electron chi connectivity index (χ0n) is 21.3. The zero-order chi connectivity index (χ0) is 28.8. The van der Waals surface area contributed by atoms with Crippen molar-refractivity contribution in [3.63, 3.8) is 0 Å². The second-order valence-electron chi connectivity index (χ2n) is 8.92. The number of hydrogen-bond acceptors (Lipinski definition) is 9. The molecule has 4 aromatic rings. The lowest BCUT2D eigenvalue weighted by molar-refractivity contribution is -0.137. The molecule has 5 rings (SSSR count). The first-order valence-electron chi connectivity index (χ1n) is 12.4. The summed E-state index contributed by atoms with van der Waals surface area (Å²) in [5.41, 5.74) is -0.627. The number of benzene rings is 2. The van der Waals surface area contributed by atoms with Crippen LogP contribution < -0.4 is 20.1 Å². The number of urea groups is 1. The van der Waals surface area contributed by atoms with Gasteiger partial charge in [-0.1, -0.05) is 17.7 Å². The third-order valence-corrected chi connectivity index (χ3v) is 6.33. The van der Waals surface area contributed by atoms with Gasteiger partial charge in [0.2, 0.25) is 12.3 Å². The summed E-state index contributed by atoms with van der Waals surface area (Å²) in [6.07, 6.45) is -0.127. The van der Waals surface area contributed by atoms with Crippen LogP contribution in [0.3, 0.4) is 0 Å². The summed E-state index contributed by atoms with van der Waals surface area (Å²) >= 11 is 5.91. The van der Waals surface area contributed by atoms with Gasteiger partial charge < -0.3 is 24.5 Å². The highest BCUT2D eigenvalue weighted by Gasteiger charge is 2.34. The topological polar surface area (TPSA) is 128 Å². The van der Waals surface area contributed by atoms with Gasteiger partial charge in [-0.3, -0.25) is 4.90 Å². The van der Waals surface area contributed by atoms with E-state index in [9.17, 15) is 18.0 Å². The van der Waals surface area contributed by atoms with E-state index in [1.54, 1.807) is 18.2 Å². The van der Waals surface area contributed by atoms with E-state index in [0.29, 0.717) is 23.7 Å². The molecule has 0 spiro atoms. The van der Waals surface area contributed by atoms with E-state index in [-0.39, 0.29) is 29.8 Å². The fourth-order valence-corrected chi connectivity index (χ4v) is 4.38. The number of hydrogen-bond donors (Lipinski definition) is 2. The summed E-state index contributed by atoms with van der Waals surface area (Å²) in [7, 11) is 0. The molecule has 0 radical (unpaired) electrons. The largest absolute Gasteiger partial charge is 0.490 e. The number of anilines is 2. The molecule has 1 aliphatic rings. The molecule has 0 bridgehead atoms. The molecule has 0 unspecified atom stereocenters. The molecule has 2 N–H and O–H groups in total. The molecule has 2 aromatic heterocycles. The van der Waals surface area contributed by atoms with Gasteiger partial charge in [-0.25, -0.2) is 14.8 Å². The number of halogens is 4. The van der Waals surface area contributed by atoms with E-state index in [4.69, 9.17) is 25.5 Å². The van der Waals surface area contributed by atoms with Gasteiger partial charge in [0.1, 0.15) is 30.1 Å². The number of aromatic nitrogens is 4. The molecular weight excluding hydrogens is 567 g/mol. The first kappa shape index (κ1) is 28.1.